The van der Waals surface area contributed by atoms with E-state index in [1.165, 1.54) is 37.3 Å². The first-order valence-electron chi connectivity index (χ1n) is 9.49. The van der Waals surface area contributed by atoms with Crippen LogP contribution in [0.25, 0.3) is 0 Å². The van der Waals surface area contributed by atoms with Crippen LogP contribution in [0, 0.1) is 0 Å². The number of carbonyl (C=O) groups excluding carboxylic acids is 4. The highest BCUT2D eigenvalue weighted by Gasteiger charge is 2.33. The number of azo groups is 1. The molecule has 0 saturated carbocycles. The van der Waals surface area contributed by atoms with Crippen LogP contribution in [-0.2, 0) is 25.6 Å². The van der Waals surface area contributed by atoms with Gasteiger partial charge in [0.2, 0.25) is 5.91 Å². The van der Waals surface area contributed by atoms with Crippen molar-refractivity contribution >= 4 is 35.1 Å². The van der Waals surface area contributed by atoms with Gasteiger partial charge in [0, 0.05) is 26.3 Å². The molecule has 31 heavy (non-hydrogen) atoms. The zero-order chi connectivity index (χ0) is 22.4. The first kappa shape index (κ1) is 21.6. The maximum Gasteiger partial charge on any atom is 0.363 e. The zero-order valence-electron chi connectivity index (χ0n) is 16.7. The van der Waals surface area contributed by atoms with Gasteiger partial charge in [-0.1, -0.05) is 6.07 Å². The third-order valence-electron chi connectivity index (χ3n) is 4.38. The van der Waals surface area contributed by atoms with Crippen LogP contribution < -0.4 is 5.32 Å². The van der Waals surface area contributed by atoms with E-state index in [9.17, 15) is 24.3 Å². The third-order valence-corrected chi connectivity index (χ3v) is 4.38. The highest BCUT2D eigenvalue weighted by atomic mass is 16.7. The molecule has 0 bridgehead atoms. The number of phenolic OH excluding ortho intramolecular Hbond substituents is 1. The van der Waals surface area contributed by atoms with Crippen LogP contribution in [0.3, 0.4) is 0 Å². The van der Waals surface area contributed by atoms with E-state index in [0.717, 1.165) is 5.56 Å². The summed E-state index contributed by atoms with van der Waals surface area (Å²) < 4.78 is 0. The van der Waals surface area contributed by atoms with Crippen LogP contribution in [0.2, 0.25) is 0 Å². The molecule has 1 saturated heterocycles. The quantitative estimate of drug-likeness (QED) is 0.518. The zero-order valence-corrected chi connectivity index (χ0v) is 16.7. The Hall–Kier alpha value is -4.08. The Labute approximate surface area is 177 Å². The largest absolute Gasteiger partial charge is 0.506 e. The van der Waals surface area contributed by atoms with Crippen molar-refractivity contribution < 1.29 is 29.1 Å². The summed E-state index contributed by atoms with van der Waals surface area (Å²) >= 11 is 0. The number of hydrogen-bond donors (Lipinski definition) is 2. The molecule has 0 aliphatic carbocycles. The maximum atomic E-state index is 12.1. The van der Waals surface area contributed by atoms with Gasteiger partial charge in [-0.25, -0.2) is 4.79 Å². The fraction of sp³-hybridized carbons (Fsp3) is 0.238. The van der Waals surface area contributed by atoms with E-state index >= 15 is 0 Å². The van der Waals surface area contributed by atoms with Gasteiger partial charge in [0.05, 0.1) is 11.3 Å². The Morgan fingerprint density at radius 1 is 1.06 bits per heavy atom. The molecule has 1 heterocycles. The molecular weight excluding hydrogens is 404 g/mol. The van der Waals surface area contributed by atoms with Crippen LogP contribution in [0.5, 0.6) is 5.75 Å². The molecule has 0 spiro atoms. The molecule has 2 aromatic rings. The van der Waals surface area contributed by atoms with Crippen molar-refractivity contribution in [2.45, 2.75) is 26.2 Å². The van der Waals surface area contributed by atoms with Gasteiger partial charge < -0.3 is 15.3 Å². The number of carbonyl (C=O) groups is 4. The SMILES string of the molecule is CC(=O)NCCc1ccc(O)c(N=Nc2ccc(C(=O)ON3C(=O)CCC3=O)cc2)c1. The number of rotatable bonds is 7. The lowest BCUT2D eigenvalue weighted by Gasteiger charge is -2.12. The van der Waals surface area contributed by atoms with Crippen molar-refractivity contribution in [1.29, 1.82) is 0 Å². The van der Waals surface area contributed by atoms with Gasteiger partial charge in [0.1, 0.15) is 11.4 Å². The number of nitrogens with zero attached hydrogens (tertiary/aromatic N) is 3. The van der Waals surface area contributed by atoms with E-state index in [4.69, 9.17) is 4.84 Å². The Kier molecular flexibility index (Phi) is 6.71. The first-order chi connectivity index (χ1) is 14.8. The molecule has 1 fully saturated rings. The second-order valence-electron chi connectivity index (χ2n) is 6.76. The Morgan fingerprint density at radius 2 is 1.74 bits per heavy atom. The summed E-state index contributed by atoms with van der Waals surface area (Å²) in [7, 11) is 0. The number of hydrogen-bond acceptors (Lipinski definition) is 8. The number of nitrogens with one attached hydrogen (secondary N) is 1. The fourth-order valence-corrected chi connectivity index (χ4v) is 2.76. The lowest BCUT2D eigenvalue weighted by molar-refractivity contribution is -0.172. The predicted octanol–water partition coefficient (Wildman–Crippen LogP) is 2.71. The van der Waals surface area contributed by atoms with Gasteiger partial charge in [-0.05, 0) is 48.4 Å². The van der Waals surface area contributed by atoms with Gasteiger partial charge in [-0.3, -0.25) is 14.4 Å². The third kappa shape index (κ3) is 5.72. The van der Waals surface area contributed by atoms with Crippen LogP contribution >= 0.6 is 0 Å². The molecule has 3 amide bonds. The van der Waals surface area contributed by atoms with E-state index in [1.807, 2.05) is 0 Å². The topological polar surface area (TPSA) is 138 Å². The minimum Gasteiger partial charge on any atom is -0.506 e. The van der Waals surface area contributed by atoms with Crippen molar-refractivity contribution in [2.24, 2.45) is 10.2 Å². The average Bonchev–Trinajstić information content (AvgIpc) is 3.06. The number of imide groups is 1. The summed E-state index contributed by atoms with van der Waals surface area (Å²) in [5.41, 5.74) is 1.67. The summed E-state index contributed by atoms with van der Waals surface area (Å²) in [5.74, 6) is -2.11. The van der Waals surface area contributed by atoms with Gasteiger partial charge in [0.25, 0.3) is 11.8 Å². The number of amides is 3. The Balaban J connectivity index is 1.64. The lowest BCUT2D eigenvalue weighted by Crippen LogP contribution is -2.32. The smallest absolute Gasteiger partial charge is 0.363 e. The first-order valence-corrected chi connectivity index (χ1v) is 9.49. The molecule has 1 aliphatic heterocycles. The minimum atomic E-state index is -0.836. The van der Waals surface area contributed by atoms with Gasteiger partial charge in [-0.2, -0.15) is 5.11 Å². The molecule has 2 N–H and O–H groups in total. The molecule has 0 aromatic heterocycles. The van der Waals surface area contributed by atoms with E-state index in [2.05, 4.69) is 15.5 Å². The van der Waals surface area contributed by atoms with Crippen LogP contribution in [0.15, 0.2) is 52.7 Å². The van der Waals surface area contributed by atoms with Gasteiger partial charge in [0.15, 0.2) is 0 Å². The summed E-state index contributed by atoms with van der Waals surface area (Å²) in [5, 5.41) is 21.2. The van der Waals surface area contributed by atoms with Crippen LogP contribution in [-0.4, -0.2) is 40.4 Å². The standard InChI is InChI=1S/C21H20N4O6/c1-13(26)22-11-10-14-2-7-18(27)17(12-14)24-23-16-5-3-15(4-6-16)21(30)31-25-19(28)8-9-20(25)29/h2-7,12,27H,8-11H2,1H3,(H,22,26). The molecule has 0 atom stereocenters. The van der Waals surface area contributed by atoms with Gasteiger partial charge in [-0.15, -0.1) is 10.2 Å². The van der Waals surface area contributed by atoms with Crippen molar-refractivity contribution in [3.05, 3.63) is 53.6 Å². The van der Waals surface area contributed by atoms with Crippen LogP contribution in [0.1, 0.15) is 35.7 Å². The van der Waals surface area contributed by atoms with Gasteiger partial charge >= 0.3 is 5.97 Å². The van der Waals surface area contributed by atoms with Crippen molar-refractivity contribution in [3.8, 4) is 5.75 Å². The van der Waals surface area contributed by atoms with Crippen LogP contribution in [0.4, 0.5) is 11.4 Å². The highest BCUT2D eigenvalue weighted by Crippen LogP contribution is 2.29. The highest BCUT2D eigenvalue weighted by molar-refractivity contribution is 6.02. The maximum absolute atomic E-state index is 12.1. The summed E-state index contributed by atoms with van der Waals surface area (Å²) in [6, 6.07) is 10.7. The number of hydroxylamine groups is 2. The normalized spacial score (nSPS) is 13.6. The molecule has 0 radical (unpaired) electrons. The average molecular weight is 424 g/mol. The summed E-state index contributed by atoms with van der Waals surface area (Å²) in [6.45, 7) is 1.90. The molecule has 1 aliphatic rings. The number of benzene rings is 2. The molecule has 10 nitrogen and oxygen atoms in total. The fourth-order valence-electron chi connectivity index (χ4n) is 2.76. The Morgan fingerprint density at radius 3 is 2.39 bits per heavy atom. The summed E-state index contributed by atoms with van der Waals surface area (Å²) in [6.07, 6.45) is 0.612. The second-order valence-corrected chi connectivity index (χ2v) is 6.76. The molecule has 2 aromatic carbocycles. The number of aromatic hydroxyl groups is 1. The van der Waals surface area contributed by atoms with E-state index in [1.54, 1.807) is 12.1 Å². The predicted molar refractivity (Wildman–Crippen MR) is 108 cm³/mol. The lowest BCUT2D eigenvalue weighted by atomic mass is 10.1. The van der Waals surface area contributed by atoms with E-state index in [-0.39, 0.29) is 35.7 Å². The molecule has 160 valence electrons. The van der Waals surface area contributed by atoms with Crippen molar-refractivity contribution in [3.63, 3.8) is 0 Å². The summed E-state index contributed by atoms with van der Waals surface area (Å²) in [4.78, 5) is 51.0. The monoisotopic (exact) mass is 424 g/mol. The Bertz CT molecular complexity index is 1030. The molecular formula is C21H20N4O6. The molecule has 10 heteroatoms. The van der Waals surface area contributed by atoms with E-state index in [0.29, 0.717) is 23.7 Å². The number of phenols is 1. The van der Waals surface area contributed by atoms with Crippen molar-refractivity contribution in [1.82, 2.24) is 10.4 Å². The van der Waals surface area contributed by atoms with Crippen molar-refractivity contribution in [2.75, 3.05) is 6.54 Å². The minimum absolute atomic E-state index is 0.0206. The second kappa shape index (κ2) is 9.61. The van der Waals surface area contributed by atoms with E-state index < -0.39 is 17.8 Å². The molecule has 3 rings (SSSR count). The molecule has 0 unspecified atom stereocenters.